The lowest BCUT2D eigenvalue weighted by molar-refractivity contribution is -0.139. The van der Waals surface area contributed by atoms with Crippen molar-refractivity contribution in [1.29, 1.82) is 0 Å². The smallest absolute Gasteiger partial charge is 0.325 e. The molecule has 0 unspecified atom stereocenters. The fraction of sp³-hybridized carbons (Fsp3) is 0.545. The Bertz CT molecular complexity index is 386. The third kappa shape index (κ3) is 3.58. The second kappa shape index (κ2) is 5.47. The third-order valence-corrected chi connectivity index (χ3v) is 2.30. The number of nitrogens with zero attached hydrogens (tertiary/aromatic N) is 3. The minimum absolute atomic E-state index is 0.114. The number of anilines is 2. The van der Waals surface area contributed by atoms with Gasteiger partial charge < -0.3 is 15.4 Å². The van der Waals surface area contributed by atoms with Gasteiger partial charge in [0.25, 0.3) is 0 Å². The second-order valence-electron chi connectivity index (χ2n) is 4.02. The third-order valence-electron chi connectivity index (χ3n) is 2.30. The van der Waals surface area contributed by atoms with Gasteiger partial charge in [-0.2, -0.15) is 4.98 Å². The summed E-state index contributed by atoms with van der Waals surface area (Å²) in [5, 5.41) is 0. The number of aromatic nitrogens is 2. The van der Waals surface area contributed by atoms with Gasteiger partial charge in [-0.15, -0.1) is 0 Å². The van der Waals surface area contributed by atoms with Gasteiger partial charge in [0, 0.05) is 17.8 Å². The number of ether oxygens (including phenoxy) is 1. The summed E-state index contributed by atoms with van der Waals surface area (Å²) in [5.74, 6) is 0.527. The molecule has 1 rings (SSSR count). The number of hydrogen-bond acceptors (Lipinski definition) is 6. The maximum atomic E-state index is 11.3. The van der Waals surface area contributed by atoms with E-state index < -0.39 is 0 Å². The summed E-state index contributed by atoms with van der Waals surface area (Å²) in [5.41, 5.74) is 6.36. The van der Waals surface area contributed by atoms with Gasteiger partial charge in [0.05, 0.1) is 7.11 Å². The van der Waals surface area contributed by atoms with Crippen molar-refractivity contribution in [1.82, 2.24) is 9.97 Å². The summed E-state index contributed by atoms with van der Waals surface area (Å²) in [4.78, 5) is 21.3. The van der Waals surface area contributed by atoms with Crippen LogP contribution in [0.5, 0.6) is 0 Å². The fourth-order valence-electron chi connectivity index (χ4n) is 1.45. The summed E-state index contributed by atoms with van der Waals surface area (Å²) < 4.78 is 4.66. The molecule has 0 saturated heterocycles. The van der Waals surface area contributed by atoms with E-state index in [0.717, 1.165) is 5.69 Å². The van der Waals surface area contributed by atoms with Crippen LogP contribution in [0.15, 0.2) is 6.07 Å². The van der Waals surface area contributed by atoms with Gasteiger partial charge in [0.1, 0.15) is 12.4 Å². The summed E-state index contributed by atoms with van der Waals surface area (Å²) in [6, 6.07) is 1.90. The average molecular weight is 238 g/mol. The van der Waals surface area contributed by atoms with E-state index in [2.05, 4.69) is 14.7 Å². The molecule has 2 N–H and O–H groups in total. The van der Waals surface area contributed by atoms with Gasteiger partial charge >= 0.3 is 5.97 Å². The average Bonchev–Trinajstić information content (AvgIpc) is 2.23. The molecule has 1 heterocycles. The van der Waals surface area contributed by atoms with Crippen LogP contribution in [0.4, 0.5) is 11.8 Å². The van der Waals surface area contributed by atoms with Crippen LogP contribution >= 0.6 is 0 Å². The number of nitrogens with two attached hydrogens (primary N) is 1. The minimum atomic E-state index is -0.312. The highest BCUT2D eigenvalue weighted by Gasteiger charge is 2.17. The van der Waals surface area contributed by atoms with E-state index in [4.69, 9.17) is 5.73 Å². The predicted octanol–water partition coefficient (Wildman–Crippen LogP) is 0.755. The molecule has 6 nitrogen and oxygen atoms in total. The first-order chi connectivity index (χ1) is 7.93. The molecule has 0 aromatic carbocycles. The zero-order chi connectivity index (χ0) is 13.0. The summed E-state index contributed by atoms with van der Waals surface area (Å²) in [6.07, 6.45) is 0. The molecule has 0 radical (unpaired) electrons. The number of esters is 1. The Morgan fingerprint density at radius 2 is 2.18 bits per heavy atom. The quantitative estimate of drug-likeness (QED) is 0.780. The van der Waals surface area contributed by atoms with Crippen LogP contribution in [-0.4, -0.2) is 35.6 Å². The molecule has 17 heavy (non-hydrogen) atoms. The van der Waals surface area contributed by atoms with Crippen LogP contribution in [0.25, 0.3) is 0 Å². The molecule has 0 aliphatic rings. The Kier molecular flexibility index (Phi) is 4.25. The molecular formula is C11H18N4O2. The van der Waals surface area contributed by atoms with Crippen molar-refractivity contribution >= 4 is 17.7 Å². The van der Waals surface area contributed by atoms with E-state index in [1.165, 1.54) is 7.11 Å². The number of rotatable bonds is 4. The maximum Gasteiger partial charge on any atom is 0.325 e. The van der Waals surface area contributed by atoms with E-state index in [0.29, 0.717) is 5.82 Å². The molecule has 0 amide bonds. The Hall–Kier alpha value is -1.85. The molecule has 0 aliphatic carbocycles. The van der Waals surface area contributed by atoms with Gasteiger partial charge in [-0.25, -0.2) is 4.98 Å². The number of methoxy groups -OCH3 is 1. The Balaban J connectivity index is 3.01. The van der Waals surface area contributed by atoms with Crippen LogP contribution in [0.3, 0.4) is 0 Å². The van der Waals surface area contributed by atoms with E-state index >= 15 is 0 Å². The summed E-state index contributed by atoms with van der Waals surface area (Å²) in [7, 11) is 1.36. The molecule has 94 valence electrons. The van der Waals surface area contributed by atoms with E-state index in [1.807, 2.05) is 25.7 Å². The molecule has 0 bridgehead atoms. The molecule has 0 saturated carbocycles. The van der Waals surface area contributed by atoms with Crippen molar-refractivity contribution in [2.45, 2.75) is 26.8 Å². The largest absolute Gasteiger partial charge is 0.468 e. The monoisotopic (exact) mass is 238 g/mol. The Morgan fingerprint density at radius 1 is 1.53 bits per heavy atom. The van der Waals surface area contributed by atoms with Crippen molar-refractivity contribution < 1.29 is 9.53 Å². The first-order valence-corrected chi connectivity index (χ1v) is 5.38. The highest BCUT2D eigenvalue weighted by Crippen LogP contribution is 2.16. The zero-order valence-electron chi connectivity index (χ0n) is 10.6. The van der Waals surface area contributed by atoms with E-state index in [9.17, 15) is 4.79 Å². The second-order valence-corrected chi connectivity index (χ2v) is 4.02. The summed E-state index contributed by atoms with van der Waals surface area (Å²) >= 11 is 0. The van der Waals surface area contributed by atoms with E-state index in [-0.39, 0.29) is 24.5 Å². The molecular weight excluding hydrogens is 220 g/mol. The number of hydrogen-bond donors (Lipinski definition) is 1. The van der Waals surface area contributed by atoms with Crippen molar-refractivity contribution in [2.75, 3.05) is 24.3 Å². The Labute approximate surface area is 101 Å². The lowest BCUT2D eigenvalue weighted by atomic mass is 10.3. The molecule has 6 heteroatoms. The van der Waals surface area contributed by atoms with Crippen molar-refractivity contribution in [3.05, 3.63) is 11.8 Å². The number of nitrogen functional groups attached to an aromatic ring is 1. The van der Waals surface area contributed by atoms with Gasteiger partial charge in [-0.3, -0.25) is 4.79 Å². The first kappa shape index (κ1) is 13.2. The highest BCUT2D eigenvalue weighted by molar-refractivity contribution is 5.75. The molecule has 0 aliphatic heterocycles. The lowest BCUT2D eigenvalue weighted by Gasteiger charge is -2.26. The van der Waals surface area contributed by atoms with E-state index in [1.54, 1.807) is 6.07 Å². The minimum Gasteiger partial charge on any atom is -0.468 e. The highest BCUT2D eigenvalue weighted by atomic mass is 16.5. The summed E-state index contributed by atoms with van der Waals surface area (Å²) in [6.45, 7) is 5.91. The topological polar surface area (TPSA) is 81.3 Å². The van der Waals surface area contributed by atoms with Crippen LogP contribution in [0.2, 0.25) is 0 Å². The number of carbonyl (C=O) groups excluding carboxylic acids is 1. The molecule has 1 aromatic rings. The molecule has 0 fully saturated rings. The van der Waals surface area contributed by atoms with Gasteiger partial charge in [0.2, 0.25) is 5.95 Å². The lowest BCUT2D eigenvalue weighted by Crippen LogP contribution is -2.37. The maximum absolute atomic E-state index is 11.3. The molecule has 0 atom stereocenters. The van der Waals surface area contributed by atoms with Crippen molar-refractivity contribution in [2.24, 2.45) is 0 Å². The van der Waals surface area contributed by atoms with Crippen LogP contribution in [0.1, 0.15) is 19.5 Å². The van der Waals surface area contributed by atoms with Gasteiger partial charge in [-0.05, 0) is 20.8 Å². The zero-order valence-corrected chi connectivity index (χ0v) is 10.6. The van der Waals surface area contributed by atoms with Crippen molar-refractivity contribution in [3.63, 3.8) is 0 Å². The number of aryl methyl sites for hydroxylation is 1. The predicted molar refractivity (Wildman–Crippen MR) is 65.7 cm³/mol. The molecule has 0 spiro atoms. The van der Waals surface area contributed by atoms with Crippen LogP contribution < -0.4 is 10.6 Å². The normalized spacial score (nSPS) is 10.4. The molecule has 1 aromatic heterocycles. The Morgan fingerprint density at radius 3 is 2.65 bits per heavy atom. The standard InChI is InChI=1S/C11H18N4O2/c1-7(2)15(6-10(16)17-4)9-5-8(3)13-11(12)14-9/h5,7H,6H2,1-4H3,(H2,12,13,14). The van der Waals surface area contributed by atoms with Crippen LogP contribution in [0, 0.1) is 6.92 Å². The van der Waals surface area contributed by atoms with Crippen LogP contribution in [-0.2, 0) is 9.53 Å². The first-order valence-electron chi connectivity index (χ1n) is 5.38. The fourth-order valence-corrected chi connectivity index (χ4v) is 1.45. The van der Waals surface area contributed by atoms with Gasteiger partial charge in [0.15, 0.2) is 0 Å². The SMILES string of the molecule is COC(=O)CN(c1cc(C)nc(N)n1)C(C)C. The number of carbonyl (C=O) groups is 1. The van der Waals surface area contributed by atoms with Gasteiger partial charge in [-0.1, -0.05) is 0 Å². The van der Waals surface area contributed by atoms with Crippen molar-refractivity contribution in [3.8, 4) is 0 Å².